The van der Waals surface area contributed by atoms with Gasteiger partial charge in [-0.15, -0.1) is 0 Å². The van der Waals surface area contributed by atoms with Gasteiger partial charge >= 0.3 is 12.6 Å². The average Bonchev–Trinajstić information content (AvgIpc) is 2.49. The number of amides is 1. The molecule has 0 bridgehead atoms. The van der Waals surface area contributed by atoms with E-state index in [-0.39, 0.29) is 23.5 Å². The summed E-state index contributed by atoms with van der Waals surface area (Å²) in [4.78, 5) is 23.0. The van der Waals surface area contributed by atoms with E-state index >= 15 is 0 Å². The fourth-order valence-corrected chi connectivity index (χ4v) is 2.57. The van der Waals surface area contributed by atoms with Crippen molar-refractivity contribution in [1.29, 1.82) is 0 Å². The number of anilines is 1. The van der Waals surface area contributed by atoms with Crippen molar-refractivity contribution in [3.63, 3.8) is 0 Å². The fraction of sp³-hybridized carbons (Fsp3) is 0.467. The van der Waals surface area contributed by atoms with Crippen LogP contribution in [0.2, 0.25) is 0 Å². The van der Waals surface area contributed by atoms with Gasteiger partial charge in [0, 0.05) is 11.6 Å². The first-order chi connectivity index (χ1) is 10.5. The Hall–Kier alpha value is -2.18. The van der Waals surface area contributed by atoms with Crippen molar-refractivity contribution in [3.05, 3.63) is 24.3 Å². The number of nitrogens with one attached hydrogen (secondary N) is 1. The number of carbonyl (C=O) groups is 2. The molecule has 0 saturated heterocycles. The Morgan fingerprint density at radius 3 is 2.14 bits per heavy atom. The molecule has 7 heteroatoms. The molecule has 0 heterocycles. The van der Waals surface area contributed by atoms with Gasteiger partial charge in [-0.05, 0) is 49.9 Å². The number of aliphatic carboxylic acids is 1. The van der Waals surface area contributed by atoms with Gasteiger partial charge in [0.05, 0.1) is 5.92 Å². The van der Waals surface area contributed by atoms with E-state index in [1.54, 1.807) is 0 Å². The van der Waals surface area contributed by atoms with E-state index in [1.165, 1.54) is 24.3 Å². The molecule has 0 atom stereocenters. The Labute approximate surface area is 126 Å². The highest BCUT2D eigenvalue weighted by Gasteiger charge is 2.29. The minimum Gasteiger partial charge on any atom is -0.481 e. The van der Waals surface area contributed by atoms with Crippen LogP contribution in [-0.4, -0.2) is 23.6 Å². The monoisotopic (exact) mass is 313 g/mol. The number of rotatable bonds is 5. The van der Waals surface area contributed by atoms with Gasteiger partial charge in [-0.25, -0.2) is 0 Å². The highest BCUT2D eigenvalue weighted by Crippen LogP contribution is 2.30. The lowest BCUT2D eigenvalue weighted by Gasteiger charge is -2.25. The van der Waals surface area contributed by atoms with Crippen LogP contribution in [-0.2, 0) is 9.59 Å². The predicted molar refractivity (Wildman–Crippen MR) is 74.8 cm³/mol. The smallest absolute Gasteiger partial charge is 0.387 e. The Morgan fingerprint density at radius 1 is 1.09 bits per heavy atom. The SMILES string of the molecule is O=C(O)C1CCC(C(=O)Nc2ccc(OC(F)F)cc2)CC1. The molecule has 22 heavy (non-hydrogen) atoms. The molecule has 1 aliphatic carbocycles. The first kappa shape index (κ1) is 16.2. The Morgan fingerprint density at radius 2 is 1.64 bits per heavy atom. The molecular weight excluding hydrogens is 296 g/mol. The van der Waals surface area contributed by atoms with Crippen molar-refractivity contribution in [2.24, 2.45) is 11.8 Å². The second kappa shape index (κ2) is 7.20. The summed E-state index contributed by atoms with van der Waals surface area (Å²) in [5.41, 5.74) is 0.493. The third kappa shape index (κ3) is 4.41. The molecule has 120 valence electrons. The van der Waals surface area contributed by atoms with Gasteiger partial charge in [-0.3, -0.25) is 9.59 Å². The largest absolute Gasteiger partial charge is 0.481 e. The summed E-state index contributed by atoms with van der Waals surface area (Å²) in [5, 5.41) is 11.6. The molecule has 0 radical (unpaired) electrons. The third-order valence-electron chi connectivity index (χ3n) is 3.79. The van der Waals surface area contributed by atoms with Crippen molar-refractivity contribution in [1.82, 2.24) is 0 Å². The zero-order valence-corrected chi connectivity index (χ0v) is 11.8. The summed E-state index contributed by atoms with van der Waals surface area (Å²) in [6.07, 6.45) is 2.06. The van der Waals surface area contributed by atoms with Gasteiger partial charge in [0.1, 0.15) is 5.75 Å². The summed E-state index contributed by atoms with van der Waals surface area (Å²) in [6.45, 7) is -2.88. The number of hydrogen-bond acceptors (Lipinski definition) is 3. The molecule has 1 fully saturated rings. The van der Waals surface area contributed by atoms with Crippen LogP contribution in [0.15, 0.2) is 24.3 Å². The molecule has 1 amide bonds. The summed E-state index contributed by atoms with van der Waals surface area (Å²) in [5.74, 6) is -1.54. The number of carboxylic acid groups (broad SMARTS) is 1. The molecule has 1 aliphatic rings. The number of carboxylic acids is 1. The third-order valence-corrected chi connectivity index (χ3v) is 3.79. The molecule has 1 aromatic rings. The average molecular weight is 313 g/mol. The van der Waals surface area contributed by atoms with E-state index in [0.717, 1.165) is 0 Å². The van der Waals surface area contributed by atoms with Crippen LogP contribution in [0.3, 0.4) is 0 Å². The van der Waals surface area contributed by atoms with Crippen LogP contribution in [0.5, 0.6) is 5.75 Å². The quantitative estimate of drug-likeness (QED) is 0.876. The van der Waals surface area contributed by atoms with E-state index in [9.17, 15) is 18.4 Å². The second-order valence-electron chi connectivity index (χ2n) is 5.28. The highest BCUT2D eigenvalue weighted by atomic mass is 19.3. The lowest BCUT2D eigenvalue weighted by atomic mass is 9.81. The maximum atomic E-state index is 12.1. The predicted octanol–water partition coefficient (Wildman–Crippen LogP) is 3.12. The van der Waals surface area contributed by atoms with E-state index in [0.29, 0.717) is 31.4 Å². The molecule has 1 saturated carbocycles. The summed E-state index contributed by atoms with van der Waals surface area (Å²) in [6, 6.07) is 5.67. The maximum absolute atomic E-state index is 12.1. The maximum Gasteiger partial charge on any atom is 0.387 e. The lowest BCUT2D eigenvalue weighted by Crippen LogP contribution is -2.29. The molecule has 0 aromatic heterocycles. The standard InChI is InChI=1S/C15H17F2NO4/c16-15(17)22-12-7-5-11(6-8-12)18-13(19)9-1-3-10(4-2-9)14(20)21/h5-10,15H,1-4H2,(H,18,19)(H,20,21). The zero-order valence-electron chi connectivity index (χ0n) is 11.8. The molecule has 1 aromatic carbocycles. The number of ether oxygens (including phenoxy) is 1. The van der Waals surface area contributed by atoms with Crippen LogP contribution in [0.4, 0.5) is 14.5 Å². The molecule has 5 nitrogen and oxygen atoms in total. The van der Waals surface area contributed by atoms with E-state index < -0.39 is 12.6 Å². The van der Waals surface area contributed by atoms with Crippen molar-refractivity contribution < 1.29 is 28.2 Å². The topological polar surface area (TPSA) is 75.6 Å². The molecule has 0 spiro atoms. The molecule has 2 rings (SSSR count). The number of benzene rings is 1. The first-order valence-corrected chi connectivity index (χ1v) is 7.04. The van der Waals surface area contributed by atoms with Crippen LogP contribution in [0, 0.1) is 11.8 Å². The Kier molecular flexibility index (Phi) is 5.30. The number of carbonyl (C=O) groups excluding carboxylic acids is 1. The van der Waals surface area contributed by atoms with E-state index in [4.69, 9.17) is 5.11 Å². The fourth-order valence-electron chi connectivity index (χ4n) is 2.57. The zero-order chi connectivity index (χ0) is 16.1. The van der Waals surface area contributed by atoms with Crippen LogP contribution >= 0.6 is 0 Å². The van der Waals surface area contributed by atoms with Crippen LogP contribution in [0.25, 0.3) is 0 Å². The van der Waals surface area contributed by atoms with Gasteiger partial charge in [0.2, 0.25) is 5.91 Å². The van der Waals surface area contributed by atoms with E-state index in [2.05, 4.69) is 10.1 Å². The van der Waals surface area contributed by atoms with Gasteiger partial charge in [-0.1, -0.05) is 0 Å². The Bertz CT molecular complexity index is 525. The van der Waals surface area contributed by atoms with Crippen LogP contribution < -0.4 is 10.1 Å². The number of halogens is 2. The van der Waals surface area contributed by atoms with Gasteiger partial charge < -0.3 is 15.2 Å². The molecule has 2 N–H and O–H groups in total. The molecule has 0 unspecified atom stereocenters. The van der Waals surface area contributed by atoms with E-state index in [1.807, 2.05) is 0 Å². The van der Waals surface area contributed by atoms with Gasteiger partial charge in [0.15, 0.2) is 0 Å². The van der Waals surface area contributed by atoms with Crippen LogP contribution in [0.1, 0.15) is 25.7 Å². The summed E-state index contributed by atoms with van der Waals surface area (Å²) >= 11 is 0. The summed E-state index contributed by atoms with van der Waals surface area (Å²) < 4.78 is 28.3. The van der Waals surface area contributed by atoms with Crippen molar-refractivity contribution in [2.45, 2.75) is 32.3 Å². The van der Waals surface area contributed by atoms with Crippen molar-refractivity contribution in [3.8, 4) is 5.75 Å². The number of hydrogen-bond donors (Lipinski definition) is 2. The molecule has 0 aliphatic heterocycles. The summed E-state index contributed by atoms with van der Waals surface area (Å²) in [7, 11) is 0. The van der Waals surface area contributed by atoms with Crippen molar-refractivity contribution in [2.75, 3.05) is 5.32 Å². The van der Waals surface area contributed by atoms with Gasteiger partial charge in [-0.2, -0.15) is 8.78 Å². The highest BCUT2D eigenvalue weighted by molar-refractivity contribution is 5.92. The Balaban J connectivity index is 1.86. The molecular formula is C15H17F2NO4. The second-order valence-corrected chi connectivity index (χ2v) is 5.28. The number of alkyl halides is 2. The first-order valence-electron chi connectivity index (χ1n) is 7.04. The van der Waals surface area contributed by atoms with Gasteiger partial charge in [0.25, 0.3) is 0 Å². The minimum absolute atomic E-state index is 0.0231. The minimum atomic E-state index is -2.88. The normalized spacial score (nSPS) is 21.4. The van der Waals surface area contributed by atoms with Crippen molar-refractivity contribution >= 4 is 17.6 Å². The lowest BCUT2D eigenvalue weighted by molar-refractivity contribution is -0.143.